The Morgan fingerprint density at radius 2 is 1.96 bits per heavy atom. The molecule has 0 spiro atoms. The Morgan fingerprint density at radius 3 is 2.67 bits per heavy atom. The number of carbonyl (C=O) groups is 1. The van der Waals surface area contributed by atoms with E-state index in [2.05, 4.69) is 25.6 Å². The monoisotopic (exact) mass is 384 g/mol. The van der Waals surface area contributed by atoms with Crippen molar-refractivity contribution in [3.63, 3.8) is 0 Å². The van der Waals surface area contributed by atoms with E-state index in [0.717, 1.165) is 17.2 Å². The van der Waals surface area contributed by atoms with Crippen LogP contribution < -0.4 is 10.6 Å². The van der Waals surface area contributed by atoms with Gasteiger partial charge in [0, 0.05) is 35.4 Å². The van der Waals surface area contributed by atoms with E-state index in [1.165, 1.54) is 0 Å². The quantitative estimate of drug-likeness (QED) is 0.638. The molecule has 2 N–H and O–H groups in total. The van der Waals surface area contributed by atoms with Crippen LogP contribution >= 0.6 is 11.6 Å². The number of imidazole rings is 1. The summed E-state index contributed by atoms with van der Waals surface area (Å²) in [6, 6.07) is 8.71. The second-order valence-corrected chi connectivity index (χ2v) is 6.57. The van der Waals surface area contributed by atoms with E-state index in [0.29, 0.717) is 35.3 Å². The summed E-state index contributed by atoms with van der Waals surface area (Å²) in [6.07, 6.45) is 1.75. The highest BCUT2D eigenvalue weighted by atomic mass is 35.5. The lowest BCUT2D eigenvalue weighted by Gasteiger charge is -2.11. The van der Waals surface area contributed by atoms with Gasteiger partial charge in [0.1, 0.15) is 23.8 Å². The first-order chi connectivity index (χ1) is 12.9. The molecule has 0 radical (unpaired) electrons. The summed E-state index contributed by atoms with van der Waals surface area (Å²) < 4.78 is 1.93. The number of carbonyl (C=O) groups excluding carboxylic acids is 1. The van der Waals surface area contributed by atoms with Crippen LogP contribution in [-0.4, -0.2) is 38.5 Å². The molecule has 3 rings (SSSR count). The summed E-state index contributed by atoms with van der Waals surface area (Å²) in [5, 5.41) is 6.60. The van der Waals surface area contributed by atoms with Gasteiger partial charge in [-0.1, -0.05) is 17.7 Å². The van der Waals surface area contributed by atoms with E-state index >= 15 is 0 Å². The molecule has 8 heteroatoms. The van der Waals surface area contributed by atoms with E-state index in [1.807, 2.05) is 31.4 Å². The first kappa shape index (κ1) is 18.8. The lowest BCUT2D eigenvalue weighted by Crippen LogP contribution is -2.29. The molecule has 27 heavy (non-hydrogen) atoms. The van der Waals surface area contributed by atoms with Crippen molar-refractivity contribution in [2.45, 2.75) is 20.8 Å². The van der Waals surface area contributed by atoms with Gasteiger partial charge in [0.25, 0.3) is 5.91 Å². The molecule has 0 atom stereocenters. The summed E-state index contributed by atoms with van der Waals surface area (Å²) in [5.74, 6) is 1.94. The van der Waals surface area contributed by atoms with E-state index in [9.17, 15) is 4.79 Å². The average Bonchev–Trinajstić information content (AvgIpc) is 2.97. The zero-order valence-corrected chi connectivity index (χ0v) is 16.2. The Bertz CT molecular complexity index is 969. The molecule has 0 unspecified atom stereocenters. The van der Waals surface area contributed by atoms with Crippen molar-refractivity contribution in [3.05, 3.63) is 64.5 Å². The molecule has 3 aromatic rings. The van der Waals surface area contributed by atoms with Crippen molar-refractivity contribution in [3.8, 4) is 5.82 Å². The molecule has 0 fully saturated rings. The maximum Gasteiger partial charge on any atom is 0.251 e. The van der Waals surface area contributed by atoms with E-state index in [-0.39, 0.29) is 5.91 Å². The van der Waals surface area contributed by atoms with Crippen LogP contribution in [0.1, 0.15) is 27.6 Å². The number of aromatic nitrogens is 4. The van der Waals surface area contributed by atoms with Crippen molar-refractivity contribution in [1.29, 1.82) is 0 Å². The second-order valence-electron chi connectivity index (χ2n) is 6.14. The first-order valence-electron chi connectivity index (χ1n) is 8.58. The van der Waals surface area contributed by atoms with Gasteiger partial charge in [-0.05, 0) is 39.0 Å². The normalized spacial score (nSPS) is 10.7. The number of aryl methyl sites for hydroxylation is 2. The average molecular weight is 385 g/mol. The molecule has 1 aromatic carbocycles. The van der Waals surface area contributed by atoms with Crippen LogP contribution in [0.3, 0.4) is 0 Å². The summed E-state index contributed by atoms with van der Waals surface area (Å²) >= 11 is 5.91. The second kappa shape index (κ2) is 8.18. The van der Waals surface area contributed by atoms with Crippen LogP contribution in [0.4, 0.5) is 5.82 Å². The smallest absolute Gasteiger partial charge is 0.251 e. The molecule has 2 heterocycles. The van der Waals surface area contributed by atoms with Gasteiger partial charge in [-0.15, -0.1) is 0 Å². The molecule has 1 amide bonds. The van der Waals surface area contributed by atoms with Gasteiger partial charge in [-0.25, -0.2) is 15.0 Å². The zero-order chi connectivity index (χ0) is 19.4. The van der Waals surface area contributed by atoms with Gasteiger partial charge in [-0.3, -0.25) is 9.36 Å². The Morgan fingerprint density at radius 1 is 1.15 bits per heavy atom. The molecule has 140 valence electrons. The fraction of sp³-hybridized carbons (Fsp3) is 0.263. The highest BCUT2D eigenvalue weighted by Gasteiger charge is 2.09. The number of nitrogens with one attached hydrogen (secondary N) is 2. The molecule has 0 saturated heterocycles. The van der Waals surface area contributed by atoms with Gasteiger partial charge < -0.3 is 10.6 Å². The van der Waals surface area contributed by atoms with Crippen LogP contribution in [0.2, 0.25) is 5.02 Å². The standard InChI is InChI=1S/C19H21ClN6O/c1-12-13(2)26(11-23-12)18-10-17(24-14(3)25-18)21-7-8-22-19(27)15-5-4-6-16(20)9-15/h4-6,9-11H,7-8H2,1-3H3,(H,22,27)(H,21,24,25). The molecular weight excluding hydrogens is 364 g/mol. The molecule has 0 aliphatic carbocycles. The highest BCUT2D eigenvalue weighted by Crippen LogP contribution is 2.15. The third-order valence-electron chi connectivity index (χ3n) is 4.13. The lowest BCUT2D eigenvalue weighted by atomic mass is 10.2. The maximum atomic E-state index is 12.1. The molecule has 2 aromatic heterocycles. The molecule has 7 nitrogen and oxygen atoms in total. The summed E-state index contributed by atoms with van der Waals surface area (Å²) in [6.45, 7) is 6.78. The van der Waals surface area contributed by atoms with Crippen molar-refractivity contribution in [2.75, 3.05) is 18.4 Å². The summed E-state index contributed by atoms with van der Waals surface area (Å²) in [7, 11) is 0. The zero-order valence-electron chi connectivity index (χ0n) is 15.5. The predicted octanol–water partition coefficient (Wildman–Crippen LogP) is 3.08. The highest BCUT2D eigenvalue weighted by molar-refractivity contribution is 6.30. The predicted molar refractivity (Wildman–Crippen MR) is 106 cm³/mol. The Hall–Kier alpha value is -2.93. The minimum absolute atomic E-state index is 0.164. The third-order valence-corrected chi connectivity index (χ3v) is 4.36. The van der Waals surface area contributed by atoms with Crippen LogP contribution in [0.15, 0.2) is 36.7 Å². The minimum Gasteiger partial charge on any atom is -0.368 e. The molecule has 0 saturated carbocycles. The maximum absolute atomic E-state index is 12.1. The molecule has 0 bridgehead atoms. The van der Waals surface area contributed by atoms with Crippen molar-refractivity contribution < 1.29 is 4.79 Å². The number of hydrogen-bond donors (Lipinski definition) is 2. The van der Waals surface area contributed by atoms with E-state index in [1.54, 1.807) is 30.6 Å². The number of rotatable bonds is 6. The molecule has 0 aliphatic rings. The summed E-state index contributed by atoms with van der Waals surface area (Å²) in [5.41, 5.74) is 2.53. The van der Waals surface area contributed by atoms with Gasteiger partial charge >= 0.3 is 0 Å². The number of anilines is 1. The van der Waals surface area contributed by atoms with Crippen molar-refractivity contribution in [2.24, 2.45) is 0 Å². The SMILES string of the molecule is Cc1nc(NCCNC(=O)c2cccc(Cl)c2)cc(-n2cnc(C)c2C)n1. The minimum atomic E-state index is -0.164. The number of benzene rings is 1. The Balaban J connectivity index is 1.60. The lowest BCUT2D eigenvalue weighted by molar-refractivity contribution is 0.0955. The van der Waals surface area contributed by atoms with Crippen molar-refractivity contribution in [1.82, 2.24) is 24.8 Å². The topological polar surface area (TPSA) is 84.7 Å². The fourth-order valence-corrected chi connectivity index (χ4v) is 2.78. The number of hydrogen-bond acceptors (Lipinski definition) is 5. The van der Waals surface area contributed by atoms with Crippen LogP contribution in [0, 0.1) is 20.8 Å². The molecular formula is C19H21ClN6O. The first-order valence-corrected chi connectivity index (χ1v) is 8.96. The van der Waals surface area contributed by atoms with Gasteiger partial charge in [0.15, 0.2) is 0 Å². The number of amides is 1. The van der Waals surface area contributed by atoms with Crippen molar-refractivity contribution >= 4 is 23.3 Å². The van der Waals surface area contributed by atoms with Crippen LogP contribution in [0.25, 0.3) is 5.82 Å². The summed E-state index contributed by atoms with van der Waals surface area (Å²) in [4.78, 5) is 25.3. The Labute approximate surface area is 162 Å². The number of halogens is 1. The van der Waals surface area contributed by atoms with Gasteiger partial charge in [0.05, 0.1) is 5.69 Å². The van der Waals surface area contributed by atoms with Gasteiger partial charge in [0.2, 0.25) is 0 Å². The fourth-order valence-electron chi connectivity index (χ4n) is 2.59. The molecule has 0 aliphatic heterocycles. The Kier molecular flexibility index (Phi) is 5.71. The largest absolute Gasteiger partial charge is 0.368 e. The van der Waals surface area contributed by atoms with Crippen LogP contribution in [0.5, 0.6) is 0 Å². The van der Waals surface area contributed by atoms with Gasteiger partial charge in [-0.2, -0.15) is 0 Å². The van der Waals surface area contributed by atoms with E-state index < -0.39 is 0 Å². The third kappa shape index (κ3) is 4.62. The van der Waals surface area contributed by atoms with E-state index in [4.69, 9.17) is 11.6 Å². The number of nitrogens with zero attached hydrogens (tertiary/aromatic N) is 4. The van der Waals surface area contributed by atoms with Crippen LogP contribution in [-0.2, 0) is 0 Å².